The van der Waals surface area contributed by atoms with Crippen LogP contribution in [0.25, 0.3) is 11.6 Å². The number of hydrogen-bond acceptors (Lipinski definition) is 7. The summed E-state index contributed by atoms with van der Waals surface area (Å²) in [6.07, 6.45) is 3.62. The number of nitrogens with two attached hydrogens (primary N) is 1. The van der Waals surface area contributed by atoms with E-state index in [4.69, 9.17) is 15.0 Å². The Morgan fingerprint density at radius 2 is 2.18 bits per heavy atom. The highest BCUT2D eigenvalue weighted by atomic mass is 16.5. The second-order valence-electron chi connectivity index (χ2n) is 3.56. The van der Waals surface area contributed by atoms with E-state index in [-0.39, 0.29) is 17.8 Å². The van der Waals surface area contributed by atoms with E-state index in [2.05, 4.69) is 20.1 Å². The van der Waals surface area contributed by atoms with E-state index < -0.39 is 0 Å². The molecule has 0 aromatic carbocycles. The van der Waals surface area contributed by atoms with Gasteiger partial charge in [-0.2, -0.15) is 4.98 Å². The van der Waals surface area contributed by atoms with Gasteiger partial charge in [-0.05, 0) is 6.92 Å². The lowest BCUT2D eigenvalue weighted by molar-refractivity contribution is 0.116. The van der Waals surface area contributed by atoms with E-state index >= 15 is 0 Å². The predicted molar refractivity (Wildman–Crippen MR) is 59.9 cm³/mol. The average Bonchev–Trinajstić information content (AvgIpc) is 2.78. The number of hydrogen-bond donors (Lipinski definition) is 1. The molecule has 0 bridgehead atoms. The maximum Gasteiger partial charge on any atom is 0.280 e. The molecule has 2 N–H and O–H groups in total. The minimum Gasteiger partial charge on any atom is -0.382 e. The first-order valence-electron chi connectivity index (χ1n) is 5.13. The van der Waals surface area contributed by atoms with Gasteiger partial charge in [-0.25, -0.2) is 9.97 Å². The van der Waals surface area contributed by atoms with E-state index in [1.807, 2.05) is 6.92 Å². The van der Waals surface area contributed by atoms with Crippen molar-refractivity contribution >= 4 is 5.82 Å². The van der Waals surface area contributed by atoms with Crippen molar-refractivity contribution in [3.8, 4) is 11.6 Å². The molecule has 0 radical (unpaired) electrons. The molecule has 0 saturated heterocycles. The van der Waals surface area contributed by atoms with Gasteiger partial charge in [-0.3, -0.25) is 0 Å². The SMILES string of the molecule is COC(C)Cc1noc(-c2nccnc2N)n1. The Bertz CT molecular complexity index is 499. The van der Waals surface area contributed by atoms with E-state index in [1.54, 1.807) is 7.11 Å². The molecule has 2 rings (SSSR count). The van der Waals surface area contributed by atoms with Crippen LogP contribution in [-0.2, 0) is 11.2 Å². The maximum absolute atomic E-state index is 5.66. The van der Waals surface area contributed by atoms with Crippen molar-refractivity contribution in [2.24, 2.45) is 0 Å². The molecular weight excluding hydrogens is 222 g/mol. The summed E-state index contributed by atoms with van der Waals surface area (Å²) in [5, 5.41) is 3.83. The van der Waals surface area contributed by atoms with Gasteiger partial charge in [-0.15, -0.1) is 0 Å². The average molecular weight is 235 g/mol. The molecule has 0 fully saturated rings. The third-order valence-corrected chi connectivity index (χ3v) is 2.27. The molecule has 0 amide bonds. The van der Waals surface area contributed by atoms with Crippen molar-refractivity contribution in [3.05, 3.63) is 18.2 Å². The van der Waals surface area contributed by atoms with Gasteiger partial charge in [0, 0.05) is 25.9 Å². The van der Waals surface area contributed by atoms with Gasteiger partial charge in [0.15, 0.2) is 17.3 Å². The molecule has 2 aromatic rings. The molecule has 1 unspecified atom stereocenters. The molecule has 2 heterocycles. The Morgan fingerprint density at radius 3 is 2.88 bits per heavy atom. The van der Waals surface area contributed by atoms with Crippen molar-refractivity contribution in [1.82, 2.24) is 20.1 Å². The molecule has 0 aliphatic rings. The van der Waals surface area contributed by atoms with Crippen LogP contribution in [0.2, 0.25) is 0 Å². The van der Waals surface area contributed by atoms with Gasteiger partial charge in [0.05, 0.1) is 6.10 Å². The van der Waals surface area contributed by atoms with E-state index in [9.17, 15) is 0 Å². The number of aromatic nitrogens is 4. The van der Waals surface area contributed by atoms with Gasteiger partial charge < -0.3 is 15.0 Å². The van der Waals surface area contributed by atoms with Crippen LogP contribution < -0.4 is 5.73 Å². The lowest BCUT2D eigenvalue weighted by Crippen LogP contribution is -2.09. The minimum atomic E-state index is 0.0275. The summed E-state index contributed by atoms with van der Waals surface area (Å²) in [4.78, 5) is 12.1. The fraction of sp³-hybridized carbons (Fsp3) is 0.400. The third-order valence-electron chi connectivity index (χ3n) is 2.27. The van der Waals surface area contributed by atoms with E-state index in [0.29, 0.717) is 17.9 Å². The van der Waals surface area contributed by atoms with Gasteiger partial charge in [0.1, 0.15) is 0 Å². The summed E-state index contributed by atoms with van der Waals surface area (Å²) >= 11 is 0. The van der Waals surface area contributed by atoms with Crippen molar-refractivity contribution < 1.29 is 9.26 Å². The molecule has 0 aliphatic heterocycles. The maximum atomic E-state index is 5.66. The largest absolute Gasteiger partial charge is 0.382 e. The second-order valence-corrected chi connectivity index (χ2v) is 3.56. The van der Waals surface area contributed by atoms with Crippen molar-refractivity contribution in [2.75, 3.05) is 12.8 Å². The monoisotopic (exact) mass is 235 g/mol. The first kappa shape index (κ1) is 11.5. The van der Waals surface area contributed by atoms with Crippen LogP contribution in [0, 0.1) is 0 Å². The Labute approximate surface area is 98.0 Å². The minimum absolute atomic E-state index is 0.0275. The molecule has 7 nitrogen and oxygen atoms in total. The van der Waals surface area contributed by atoms with Crippen LogP contribution in [-0.4, -0.2) is 33.3 Å². The first-order chi connectivity index (χ1) is 8.20. The summed E-state index contributed by atoms with van der Waals surface area (Å²) < 4.78 is 10.2. The summed E-state index contributed by atoms with van der Waals surface area (Å²) in [7, 11) is 1.63. The van der Waals surface area contributed by atoms with Crippen LogP contribution in [0.4, 0.5) is 5.82 Å². The van der Waals surface area contributed by atoms with Gasteiger partial charge >= 0.3 is 0 Å². The number of rotatable bonds is 4. The van der Waals surface area contributed by atoms with Gasteiger partial charge in [0.2, 0.25) is 0 Å². The normalized spacial score (nSPS) is 12.6. The number of ether oxygens (including phenoxy) is 1. The fourth-order valence-electron chi connectivity index (χ4n) is 1.29. The highest BCUT2D eigenvalue weighted by Crippen LogP contribution is 2.19. The summed E-state index contributed by atoms with van der Waals surface area (Å²) in [5.41, 5.74) is 6.06. The zero-order valence-electron chi connectivity index (χ0n) is 9.62. The molecule has 90 valence electrons. The zero-order chi connectivity index (χ0) is 12.3. The zero-order valence-corrected chi connectivity index (χ0v) is 9.62. The quantitative estimate of drug-likeness (QED) is 0.831. The molecule has 2 aromatic heterocycles. The van der Waals surface area contributed by atoms with Gasteiger partial charge in [0.25, 0.3) is 5.89 Å². The topological polar surface area (TPSA) is 100.0 Å². The van der Waals surface area contributed by atoms with Crippen LogP contribution in [0.5, 0.6) is 0 Å². The van der Waals surface area contributed by atoms with Crippen molar-refractivity contribution in [2.45, 2.75) is 19.4 Å². The Balaban J connectivity index is 2.21. The summed E-state index contributed by atoms with van der Waals surface area (Å²) in [6, 6.07) is 0. The van der Waals surface area contributed by atoms with Crippen LogP contribution in [0.15, 0.2) is 16.9 Å². The Kier molecular flexibility index (Phi) is 3.29. The van der Waals surface area contributed by atoms with Crippen molar-refractivity contribution in [3.63, 3.8) is 0 Å². The third kappa shape index (κ3) is 2.56. The predicted octanol–water partition coefficient (Wildman–Crippen LogP) is 0.686. The van der Waals surface area contributed by atoms with Crippen LogP contribution in [0.3, 0.4) is 0 Å². The molecule has 1 atom stereocenters. The number of methoxy groups -OCH3 is 1. The van der Waals surface area contributed by atoms with Crippen LogP contribution in [0.1, 0.15) is 12.7 Å². The number of nitrogen functional groups attached to an aromatic ring is 1. The standard InChI is InChI=1S/C10H13N5O2/c1-6(16-2)5-7-14-10(17-15-7)8-9(11)13-4-3-12-8/h3-4,6H,5H2,1-2H3,(H2,11,13). The lowest BCUT2D eigenvalue weighted by atomic mass is 10.3. The fourth-order valence-corrected chi connectivity index (χ4v) is 1.29. The highest BCUT2D eigenvalue weighted by Gasteiger charge is 2.15. The highest BCUT2D eigenvalue weighted by molar-refractivity contribution is 5.61. The van der Waals surface area contributed by atoms with Gasteiger partial charge in [-0.1, -0.05) is 5.16 Å². The Morgan fingerprint density at radius 1 is 1.41 bits per heavy atom. The molecule has 0 saturated carbocycles. The first-order valence-corrected chi connectivity index (χ1v) is 5.13. The smallest absolute Gasteiger partial charge is 0.280 e. The molecule has 0 spiro atoms. The summed E-state index contributed by atoms with van der Waals surface area (Å²) in [6.45, 7) is 1.92. The van der Waals surface area contributed by atoms with E-state index in [1.165, 1.54) is 12.4 Å². The molecule has 17 heavy (non-hydrogen) atoms. The summed E-state index contributed by atoms with van der Waals surface area (Å²) in [5.74, 6) is 1.09. The van der Waals surface area contributed by atoms with Crippen molar-refractivity contribution in [1.29, 1.82) is 0 Å². The second kappa shape index (κ2) is 4.88. The number of anilines is 1. The Hall–Kier alpha value is -2.02. The molecule has 0 aliphatic carbocycles. The molecular formula is C10H13N5O2. The number of nitrogens with zero attached hydrogens (tertiary/aromatic N) is 4. The molecule has 7 heteroatoms. The van der Waals surface area contributed by atoms with Crippen LogP contribution >= 0.6 is 0 Å². The van der Waals surface area contributed by atoms with E-state index in [0.717, 1.165) is 0 Å². The lowest BCUT2D eigenvalue weighted by Gasteiger charge is -2.03.